The Bertz CT molecular complexity index is 1910. The van der Waals surface area contributed by atoms with Crippen molar-refractivity contribution in [3.05, 3.63) is 111 Å². The molecule has 0 unspecified atom stereocenters. The summed E-state index contributed by atoms with van der Waals surface area (Å²) in [6, 6.07) is 19.7. The summed E-state index contributed by atoms with van der Waals surface area (Å²) in [5.41, 5.74) is 7.90. The van der Waals surface area contributed by atoms with Gasteiger partial charge in [-0.05, 0) is 42.0 Å². The first kappa shape index (κ1) is 22.7. The lowest BCUT2D eigenvalue weighted by Gasteiger charge is -2.32. The van der Waals surface area contributed by atoms with Gasteiger partial charge in [0.1, 0.15) is 23.4 Å². The van der Waals surface area contributed by atoms with Crippen LogP contribution in [0.2, 0.25) is 0 Å². The fourth-order valence-corrected chi connectivity index (χ4v) is 5.50. The highest BCUT2D eigenvalue weighted by Crippen LogP contribution is 2.43. The molecule has 38 heavy (non-hydrogen) atoms. The van der Waals surface area contributed by atoms with Gasteiger partial charge < -0.3 is 14.2 Å². The molecule has 0 spiro atoms. The highest BCUT2D eigenvalue weighted by atomic mass is 79.9. The second-order valence-electron chi connectivity index (χ2n) is 9.32. The van der Waals surface area contributed by atoms with Gasteiger partial charge in [0.05, 0.1) is 28.0 Å². The number of nitrogens with one attached hydrogen (secondary N) is 1. The van der Waals surface area contributed by atoms with Crippen molar-refractivity contribution < 1.29 is 4.74 Å². The number of rotatable bonds is 5. The summed E-state index contributed by atoms with van der Waals surface area (Å²) in [7, 11) is 2.01. The van der Waals surface area contributed by atoms with Crippen molar-refractivity contribution in [2.24, 2.45) is 0 Å². The third-order valence-electron chi connectivity index (χ3n) is 6.99. The van der Waals surface area contributed by atoms with Gasteiger partial charge >= 0.3 is 0 Å². The maximum absolute atomic E-state index is 13.9. The third kappa shape index (κ3) is 3.66. The van der Waals surface area contributed by atoms with E-state index in [1.165, 1.54) is 0 Å². The summed E-state index contributed by atoms with van der Waals surface area (Å²) in [6.45, 7) is 0.297. The quantitative estimate of drug-likeness (QED) is 0.290. The van der Waals surface area contributed by atoms with E-state index in [1.807, 2.05) is 61.8 Å². The van der Waals surface area contributed by atoms with Gasteiger partial charge in [-0.3, -0.25) is 9.78 Å². The lowest BCUT2D eigenvalue weighted by atomic mass is 10.0. The van der Waals surface area contributed by atoms with Gasteiger partial charge in [0, 0.05) is 53.7 Å². The average molecular weight is 565 g/mol. The number of para-hydroxylation sites is 1. The maximum Gasteiger partial charge on any atom is 0.193 e. The molecule has 3 aromatic carbocycles. The van der Waals surface area contributed by atoms with E-state index in [-0.39, 0.29) is 5.43 Å². The number of aromatic nitrogens is 5. The van der Waals surface area contributed by atoms with Crippen molar-refractivity contribution in [2.45, 2.75) is 13.0 Å². The van der Waals surface area contributed by atoms with Crippen LogP contribution in [0.3, 0.4) is 0 Å². The topological polar surface area (TPSA) is 88.9 Å². The Morgan fingerprint density at radius 3 is 2.76 bits per heavy atom. The minimum Gasteiger partial charge on any atom is -0.489 e. The van der Waals surface area contributed by atoms with Crippen LogP contribution >= 0.6 is 15.9 Å². The highest BCUT2D eigenvalue weighted by molar-refractivity contribution is 9.10. The molecule has 1 aliphatic rings. The van der Waals surface area contributed by atoms with Crippen LogP contribution in [0.25, 0.3) is 27.6 Å². The molecule has 1 aliphatic heterocycles. The molecule has 0 amide bonds. The zero-order valence-electron chi connectivity index (χ0n) is 20.4. The Hall–Kier alpha value is -4.50. The van der Waals surface area contributed by atoms with Crippen molar-refractivity contribution >= 4 is 49.2 Å². The number of fused-ring (bicyclic) bond motifs is 3. The Morgan fingerprint density at radius 1 is 0.974 bits per heavy atom. The van der Waals surface area contributed by atoms with E-state index in [2.05, 4.69) is 57.9 Å². The highest BCUT2D eigenvalue weighted by Gasteiger charge is 2.25. The molecule has 0 radical (unpaired) electrons. The van der Waals surface area contributed by atoms with Crippen molar-refractivity contribution in [1.82, 2.24) is 25.0 Å². The first-order chi connectivity index (χ1) is 18.6. The van der Waals surface area contributed by atoms with Gasteiger partial charge in [-0.1, -0.05) is 34.1 Å². The van der Waals surface area contributed by atoms with Crippen molar-refractivity contribution in [3.63, 3.8) is 0 Å². The number of ether oxygens (including phenoxy) is 1. The molecule has 6 aromatic rings. The van der Waals surface area contributed by atoms with E-state index in [1.54, 1.807) is 12.4 Å². The number of hydrogen-bond donors (Lipinski definition) is 1. The zero-order valence-corrected chi connectivity index (χ0v) is 21.9. The standard InChI is InChI=1S/C29H21BrN6O2/c1-35-24-8-7-20(30)11-25(24)36-15-19(10-17-4-3-9-31-14-17)29(37)22-12-21(13-26(35)28(22)36)38-16-18-5-2-6-23-27(18)33-34-32-23/h2-9,11-15H,10,16H2,1H3,(H,32,33,34). The van der Waals surface area contributed by atoms with Crippen LogP contribution in [-0.4, -0.2) is 32.0 Å². The predicted octanol–water partition coefficient (Wildman–Crippen LogP) is 5.67. The number of nitrogens with zero attached hydrogens (tertiary/aromatic N) is 5. The van der Waals surface area contributed by atoms with Crippen molar-refractivity contribution in [1.29, 1.82) is 0 Å². The smallest absolute Gasteiger partial charge is 0.193 e. The predicted molar refractivity (Wildman–Crippen MR) is 151 cm³/mol. The molecule has 0 atom stereocenters. The molecule has 7 rings (SSSR count). The van der Waals surface area contributed by atoms with Crippen LogP contribution < -0.4 is 15.1 Å². The summed E-state index contributed by atoms with van der Waals surface area (Å²) < 4.78 is 9.37. The van der Waals surface area contributed by atoms with Crippen molar-refractivity contribution in [3.8, 4) is 11.4 Å². The molecular formula is C29H21BrN6O2. The first-order valence-electron chi connectivity index (χ1n) is 12.1. The molecule has 8 nitrogen and oxygen atoms in total. The Kier molecular flexibility index (Phi) is 5.26. The van der Waals surface area contributed by atoms with E-state index in [4.69, 9.17) is 4.74 Å². The van der Waals surface area contributed by atoms with Crippen LogP contribution in [0.15, 0.2) is 88.5 Å². The van der Waals surface area contributed by atoms with Crippen LogP contribution in [-0.2, 0) is 13.0 Å². The van der Waals surface area contributed by atoms with E-state index in [9.17, 15) is 4.79 Å². The van der Waals surface area contributed by atoms with E-state index < -0.39 is 0 Å². The number of benzene rings is 3. The molecule has 3 aromatic heterocycles. The van der Waals surface area contributed by atoms with E-state index in [0.29, 0.717) is 29.7 Å². The first-order valence-corrected chi connectivity index (χ1v) is 12.9. The summed E-state index contributed by atoms with van der Waals surface area (Å²) in [6.07, 6.45) is 5.98. The molecule has 0 saturated heterocycles. The summed E-state index contributed by atoms with van der Waals surface area (Å²) in [4.78, 5) is 20.2. The van der Waals surface area contributed by atoms with Crippen LogP contribution in [0.1, 0.15) is 16.7 Å². The van der Waals surface area contributed by atoms with E-state index in [0.717, 1.165) is 49.2 Å². The summed E-state index contributed by atoms with van der Waals surface area (Å²) in [5, 5.41) is 11.7. The van der Waals surface area contributed by atoms with Gasteiger partial charge in [0.15, 0.2) is 5.43 Å². The third-order valence-corrected chi connectivity index (χ3v) is 7.48. The lowest BCUT2D eigenvalue weighted by molar-refractivity contribution is 0.308. The number of halogens is 1. The minimum atomic E-state index is -0.0164. The normalized spacial score (nSPS) is 12.2. The number of hydrogen-bond acceptors (Lipinski definition) is 6. The van der Waals surface area contributed by atoms with Gasteiger partial charge in [-0.2, -0.15) is 15.4 Å². The lowest BCUT2D eigenvalue weighted by Crippen LogP contribution is -2.23. The van der Waals surface area contributed by atoms with Crippen molar-refractivity contribution in [2.75, 3.05) is 11.9 Å². The molecular weight excluding hydrogens is 544 g/mol. The summed E-state index contributed by atoms with van der Waals surface area (Å²) >= 11 is 3.62. The molecule has 0 saturated carbocycles. The Morgan fingerprint density at radius 2 is 1.89 bits per heavy atom. The van der Waals surface area contributed by atoms with Crippen LogP contribution in [0, 0.1) is 0 Å². The monoisotopic (exact) mass is 564 g/mol. The van der Waals surface area contributed by atoms with E-state index >= 15 is 0 Å². The zero-order chi connectivity index (χ0) is 25.8. The second kappa shape index (κ2) is 8.81. The molecule has 0 aliphatic carbocycles. The van der Waals surface area contributed by atoms with Crippen LogP contribution in [0.4, 0.5) is 11.4 Å². The maximum atomic E-state index is 13.9. The van der Waals surface area contributed by atoms with Gasteiger partial charge in [0.25, 0.3) is 0 Å². The largest absolute Gasteiger partial charge is 0.489 e. The molecule has 0 bridgehead atoms. The van der Waals surface area contributed by atoms with Crippen LogP contribution in [0.5, 0.6) is 5.75 Å². The Labute approximate surface area is 225 Å². The molecule has 1 N–H and O–H groups in total. The number of H-pyrrole nitrogens is 1. The van der Waals surface area contributed by atoms with Gasteiger partial charge in [-0.25, -0.2) is 0 Å². The number of aromatic amines is 1. The van der Waals surface area contributed by atoms with Gasteiger partial charge in [-0.15, -0.1) is 0 Å². The molecule has 186 valence electrons. The van der Waals surface area contributed by atoms with Gasteiger partial charge in [0.2, 0.25) is 0 Å². The summed E-state index contributed by atoms with van der Waals surface area (Å²) in [5.74, 6) is 0.614. The molecule has 0 fully saturated rings. The Balaban J connectivity index is 1.40. The minimum absolute atomic E-state index is 0.0164. The molecule has 4 heterocycles. The fourth-order valence-electron chi connectivity index (χ4n) is 5.16. The fraction of sp³-hybridized carbons (Fsp3) is 0.103. The number of pyridine rings is 2. The number of anilines is 2. The average Bonchev–Trinajstić information content (AvgIpc) is 3.42. The second-order valence-corrected chi connectivity index (χ2v) is 10.2. The molecule has 9 heteroatoms. The SMILES string of the molecule is CN1c2ccc(Br)cc2-n2cc(Cc3cccnc3)c(=O)c3cc(OCc4cccc5n[nH]nc45)cc1c32.